The van der Waals surface area contributed by atoms with Gasteiger partial charge in [0, 0.05) is 13.8 Å². The Labute approximate surface area is 128 Å². The van der Waals surface area contributed by atoms with E-state index in [-0.39, 0.29) is 6.04 Å². The third-order valence-corrected chi connectivity index (χ3v) is 4.79. The molecule has 2 rings (SSSR count). The van der Waals surface area contributed by atoms with E-state index in [9.17, 15) is 0 Å². The van der Waals surface area contributed by atoms with Crippen LogP contribution in [0.1, 0.15) is 17.2 Å². The predicted molar refractivity (Wildman–Crippen MR) is 86.1 cm³/mol. The predicted octanol–water partition coefficient (Wildman–Crippen LogP) is 4.98. The summed E-state index contributed by atoms with van der Waals surface area (Å²) in [4.78, 5) is 1.22. The van der Waals surface area contributed by atoms with Gasteiger partial charge in [-0.2, -0.15) is 0 Å². The zero-order valence-electron chi connectivity index (χ0n) is 9.86. The Kier molecular flexibility index (Phi) is 4.90. The number of hydrogen-bond donors (Lipinski definition) is 1. The number of rotatable bonds is 3. The molecular formula is C14H13Br2NS. The van der Waals surface area contributed by atoms with Crippen LogP contribution < -0.4 is 5.73 Å². The maximum Gasteiger partial charge on any atom is 0.0574 e. The van der Waals surface area contributed by atoms with Crippen molar-refractivity contribution in [2.45, 2.75) is 10.9 Å². The molecule has 4 heteroatoms. The molecule has 2 aromatic carbocycles. The SMILES string of the molecule is CSc1ccccc1C(N)c1cc(Br)ccc1Br. The fourth-order valence-corrected chi connectivity index (χ4v) is 3.36. The Morgan fingerprint density at radius 2 is 1.78 bits per heavy atom. The van der Waals surface area contributed by atoms with Crippen molar-refractivity contribution in [1.29, 1.82) is 0 Å². The van der Waals surface area contributed by atoms with E-state index in [2.05, 4.69) is 56.3 Å². The summed E-state index contributed by atoms with van der Waals surface area (Å²) in [5, 5.41) is 0. The van der Waals surface area contributed by atoms with Gasteiger partial charge >= 0.3 is 0 Å². The monoisotopic (exact) mass is 385 g/mol. The molecule has 0 spiro atoms. The molecule has 0 aromatic heterocycles. The number of thioether (sulfide) groups is 1. The van der Waals surface area contributed by atoms with E-state index in [1.165, 1.54) is 4.90 Å². The van der Waals surface area contributed by atoms with Gasteiger partial charge in [-0.05, 0) is 41.6 Å². The summed E-state index contributed by atoms with van der Waals surface area (Å²) in [7, 11) is 0. The molecular weight excluding hydrogens is 374 g/mol. The van der Waals surface area contributed by atoms with Gasteiger partial charge in [0.25, 0.3) is 0 Å². The quantitative estimate of drug-likeness (QED) is 0.752. The molecule has 0 aliphatic rings. The van der Waals surface area contributed by atoms with Gasteiger partial charge in [-0.25, -0.2) is 0 Å². The first kappa shape index (κ1) is 14.1. The highest BCUT2D eigenvalue weighted by Gasteiger charge is 2.15. The lowest BCUT2D eigenvalue weighted by molar-refractivity contribution is 0.842. The minimum atomic E-state index is -0.125. The fraction of sp³-hybridized carbons (Fsp3) is 0.143. The molecule has 2 N–H and O–H groups in total. The van der Waals surface area contributed by atoms with Crippen molar-refractivity contribution in [3.63, 3.8) is 0 Å². The topological polar surface area (TPSA) is 26.0 Å². The van der Waals surface area contributed by atoms with Crippen molar-refractivity contribution in [3.8, 4) is 0 Å². The Hall–Kier alpha value is -0.290. The molecule has 0 saturated heterocycles. The molecule has 2 aromatic rings. The number of halogens is 2. The molecule has 18 heavy (non-hydrogen) atoms. The van der Waals surface area contributed by atoms with Crippen LogP contribution >= 0.6 is 43.6 Å². The first-order valence-corrected chi connectivity index (χ1v) is 8.28. The second kappa shape index (κ2) is 6.24. The molecule has 0 aliphatic heterocycles. The molecule has 0 amide bonds. The zero-order chi connectivity index (χ0) is 13.1. The van der Waals surface area contributed by atoms with Crippen molar-refractivity contribution in [2.24, 2.45) is 5.73 Å². The van der Waals surface area contributed by atoms with Crippen molar-refractivity contribution >= 4 is 43.6 Å². The highest BCUT2D eigenvalue weighted by atomic mass is 79.9. The second-order valence-electron chi connectivity index (χ2n) is 3.89. The molecule has 1 unspecified atom stereocenters. The van der Waals surface area contributed by atoms with Crippen LogP contribution in [0.3, 0.4) is 0 Å². The highest BCUT2D eigenvalue weighted by molar-refractivity contribution is 9.11. The third-order valence-electron chi connectivity index (χ3n) is 2.77. The van der Waals surface area contributed by atoms with Gasteiger partial charge < -0.3 is 5.73 Å². The number of benzene rings is 2. The van der Waals surface area contributed by atoms with Crippen LogP contribution in [-0.4, -0.2) is 6.26 Å². The summed E-state index contributed by atoms with van der Waals surface area (Å²) in [6, 6.07) is 14.2. The van der Waals surface area contributed by atoms with E-state index >= 15 is 0 Å². The Morgan fingerprint density at radius 3 is 2.50 bits per heavy atom. The minimum Gasteiger partial charge on any atom is -0.320 e. The lowest BCUT2D eigenvalue weighted by Gasteiger charge is -2.17. The van der Waals surface area contributed by atoms with Gasteiger partial charge in [0.05, 0.1) is 6.04 Å². The van der Waals surface area contributed by atoms with Crippen LogP contribution in [0.5, 0.6) is 0 Å². The lowest BCUT2D eigenvalue weighted by Crippen LogP contribution is -2.13. The van der Waals surface area contributed by atoms with Gasteiger partial charge in [0.15, 0.2) is 0 Å². The highest BCUT2D eigenvalue weighted by Crippen LogP contribution is 2.33. The Morgan fingerprint density at radius 1 is 1.06 bits per heavy atom. The standard InChI is InChI=1S/C14H13Br2NS/c1-18-13-5-3-2-4-10(13)14(17)11-8-9(15)6-7-12(11)16/h2-8,14H,17H2,1H3. The average Bonchev–Trinajstić information content (AvgIpc) is 2.40. The third kappa shape index (κ3) is 2.99. The summed E-state index contributed by atoms with van der Waals surface area (Å²) in [5.74, 6) is 0. The smallest absolute Gasteiger partial charge is 0.0574 e. The minimum absolute atomic E-state index is 0.125. The first-order chi connectivity index (χ1) is 8.63. The van der Waals surface area contributed by atoms with Gasteiger partial charge in [-0.3, -0.25) is 0 Å². The zero-order valence-corrected chi connectivity index (χ0v) is 13.8. The largest absolute Gasteiger partial charge is 0.320 e. The maximum absolute atomic E-state index is 6.40. The van der Waals surface area contributed by atoms with Crippen LogP contribution in [0.25, 0.3) is 0 Å². The van der Waals surface area contributed by atoms with E-state index in [0.29, 0.717) is 0 Å². The van der Waals surface area contributed by atoms with Crippen molar-refractivity contribution in [3.05, 3.63) is 62.5 Å². The molecule has 0 bridgehead atoms. The number of hydrogen-bond acceptors (Lipinski definition) is 2. The van der Waals surface area contributed by atoms with Crippen LogP contribution in [0.4, 0.5) is 0 Å². The molecule has 1 nitrogen and oxygen atoms in total. The van der Waals surface area contributed by atoms with Crippen molar-refractivity contribution in [1.82, 2.24) is 0 Å². The van der Waals surface area contributed by atoms with E-state index in [1.54, 1.807) is 11.8 Å². The summed E-state index contributed by atoms with van der Waals surface area (Å²) in [6.45, 7) is 0. The Balaban J connectivity index is 2.47. The second-order valence-corrected chi connectivity index (χ2v) is 6.50. The molecule has 1 atom stereocenters. The lowest BCUT2D eigenvalue weighted by atomic mass is 10.00. The van der Waals surface area contributed by atoms with Gasteiger partial charge in [0.2, 0.25) is 0 Å². The molecule has 0 radical (unpaired) electrons. The average molecular weight is 387 g/mol. The summed E-state index contributed by atoms with van der Waals surface area (Å²) < 4.78 is 2.08. The fourth-order valence-electron chi connectivity index (χ4n) is 1.84. The van der Waals surface area contributed by atoms with E-state index < -0.39 is 0 Å². The molecule has 0 aliphatic carbocycles. The van der Waals surface area contributed by atoms with Gasteiger partial charge in [-0.15, -0.1) is 11.8 Å². The van der Waals surface area contributed by atoms with Crippen molar-refractivity contribution < 1.29 is 0 Å². The van der Waals surface area contributed by atoms with Crippen LogP contribution in [0.2, 0.25) is 0 Å². The van der Waals surface area contributed by atoms with Crippen LogP contribution in [0.15, 0.2) is 56.3 Å². The molecule has 0 heterocycles. The van der Waals surface area contributed by atoms with Crippen LogP contribution in [-0.2, 0) is 0 Å². The van der Waals surface area contributed by atoms with E-state index in [0.717, 1.165) is 20.1 Å². The molecule has 94 valence electrons. The van der Waals surface area contributed by atoms with Crippen LogP contribution in [0, 0.1) is 0 Å². The van der Waals surface area contributed by atoms with Gasteiger partial charge in [0.1, 0.15) is 0 Å². The van der Waals surface area contributed by atoms with Crippen molar-refractivity contribution in [2.75, 3.05) is 6.26 Å². The van der Waals surface area contributed by atoms with E-state index in [4.69, 9.17) is 5.73 Å². The van der Waals surface area contributed by atoms with E-state index in [1.807, 2.05) is 24.3 Å². The molecule has 0 fully saturated rings. The summed E-state index contributed by atoms with van der Waals surface area (Å²) in [5.41, 5.74) is 8.64. The summed E-state index contributed by atoms with van der Waals surface area (Å²) in [6.07, 6.45) is 2.07. The maximum atomic E-state index is 6.40. The molecule has 0 saturated carbocycles. The summed E-state index contributed by atoms with van der Waals surface area (Å²) >= 11 is 8.78. The number of nitrogens with two attached hydrogens (primary N) is 1. The first-order valence-electron chi connectivity index (χ1n) is 5.47. The van der Waals surface area contributed by atoms with Gasteiger partial charge in [-0.1, -0.05) is 50.1 Å². The normalized spacial score (nSPS) is 12.4. The Bertz CT molecular complexity index is 557.